The third-order valence-corrected chi connectivity index (χ3v) is 5.07. The van der Waals surface area contributed by atoms with Crippen molar-refractivity contribution in [2.45, 2.75) is 32.1 Å². The molecule has 0 bridgehead atoms. The molecule has 2 aliphatic rings. The number of Topliss-reactive ketones (excluding diaryl/α,β-unsaturated/α-hetero) is 1. The first kappa shape index (κ1) is 18.2. The summed E-state index contributed by atoms with van der Waals surface area (Å²) in [6.45, 7) is 1.81. The van der Waals surface area contributed by atoms with Crippen LogP contribution in [0.4, 0.5) is 0 Å². The molecule has 1 aromatic carbocycles. The topological polar surface area (TPSA) is 74.2 Å². The van der Waals surface area contributed by atoms with E-state index in [0.29, 0.717) is 29.2 Å². The summed E-state index contributed by atoms with van der Waals surface area (Å²) in [6, 6.07) is 5.42. The summed E-state index contributed by atoms with van der Waals surface area (Å²) in [5, 5.41) is 0. The van der Waals surface area contributed by atoms with E-state index in [9.17, 15) is 9.59 Å². The predicted molar refractivity (Wildman–Crippen MR) is 96.8 cm³/mol. The van der Waals surface area contributed by atoms with Gasteiger partial charge in [0.05, 0.1) is 21.3 Å². The van der Waals surface area contributed by atoms with Gasteiger partial charge >= 0.3 is 5.97 Å². The molecular weight excluding hydrogens is 334 g/mol. The highest BCUT2D eigenvalue weighted by atomic mass is 16.5. The standard InChI is InChI=1S/C20H23NO5/c1-11-17(20(23)26-4)18(19-14(21-11)6-5-7-15(19)22)13-9-8-12(24-2)10-16(13)25-3/h8-10,17-18H,5-7H2,1-4H3/t17?,18-/m1/s1. The monoisotopic (exact) mass is 357 g/mol. The van der Waals surface area contributed by atoms with Crippen molar-refractivity contribution in [3.8, 4) is 11.5 Å². The van der Waals surface area contributed by atoms with Crippen LogP contribution in [-0.2, 0) is 14.3 Å². The molecule has 0 fully saturated rings. The van der Waals surface area contributed by atoms with Crippen LogP contribution < -0.4 is 9.47 Å². The molecule has 3 rings (SSSR count). The zero-order valence-corrected chi connectivity index (χ0v) is 15.5. The van der Waals surface area contributed by atoms with E-state index in [1.807, 2.05) is 13.0 Å². The average Bonchev–Trinajstić information content (AvgIpc) is 2.66. The first-order valence-corrected chi connectivity index (χ1v) is 8.63. The highest BCUT2D eigenvalue weighted by Gasteiger charge is 2.44. The molecule has 0 radical (unpaired) electrons. The molecule has 0 amide bonds. The van der Waals surface area contributed by atoms with Gasteiger partial charge in [-0.2, -0.15) is 0 Å². The highest BCUT2D eigenvalue weighted by molar-refractivity contribution is 6.09. The maximum absolute atomic E-state index is 12.8. The number of ketones is 1. The Morgan fingerprint density at radius 1 is 1.15 bits per heavy atom. The number of carbonyl (C=O) groups is 2. The lowest BCUT2D eigenvalue weighted by atomic mass is 9.71. The Morgan fingerprint density at radius 2 is 1.92 bits per heavy atom. The van der Waals surface area contributed by atoms with Crippen molar-refractivity contribution in [2.75, 3.05) is 21.3 Å². The summed E-state index contributed by atoms with van der Waals surface area (Å²) < 4.78 is 15.8. The summed E-state index contributed by atoms with van der Waals surface area (Å²) in [5.41, 5.74) is 2.82. The molecule has 6 heteroatoms. The highest BCUT2D eigenvalue weighted by Crippen LogP contribution is 2.46. The number of ether oxygens (including phenoxy) is 3. The van der Waals surface area contributed by atoms with Crippen LogP contribution in [0, 0.1) is 5.92 Å². The number of aliphatic imine (C=N–C) groups is 1. The molecule has 2 atom stereocenters. The number of hydrogen-bond acceptors (Lipinski definition) is 6. The minimum absolute atomic E-state index is 0.0410. The summed E-state index contributed by atoms with van der Waals surface area (Å²) >= 11 is 0. The van der Waals surface area contributed by atoms with Crippen LogP contribution in [0.3, 0.4) is 0 Å². The second kappa shape index (κ2) is 7.32. The number of carbonyl (C=O) groups excluding carboxylic acids is 2. The lowest BCUT2D eigenvalue weighted by molar-refractivity contribution is -0.143. The van der Waals surface area contributed by atoms with E-state index in [0.717, 1.165) is 24.1 Å². The molecule has 6 nitrogen and oxygen atoms in total. The smallest absolute Gasteiger partial charge is 0.315 e. The Bertz CT molecular complexity index is 808. The van der Waals surface area contributed by atoms with Gasteiger partial charge in [-0.25, -0.2) is 0 Å². The molecule has 0 saturated carbocycles. The molecule has 26 heavy (non-hydrogen) atoms. The minimum atomic E-state index is -0.650. The van der Waals surface area contributed by atoms with Crippen molar-refractivity contribution in [2.24, 2.45) is 10.9 Å². The molecule has 1 heterocycles. The SMILES string of the molecule is COC(=O)C1C(C)=NC2=C(C(=O)CCC2)[C@@H]1c1ccc(OC)cc1OC. The number of esters is 1. The van der Waals surface area contributed by atoms with Crippen LogP contribution in [0.2, 0.25) is 0 Å². The quantitative estimate of drug-likeness (QED) is 0.774. The van der Waals surface area contributed by atoms with E-state index in [4.69, 9.17) is 14.2 Å². The Balaban J connectivity index is 2.22. The van der Waals surface area contributed by atoms with Gasteiger partial charge in [0.25, 0.3) is 0 Å². The number of benzene rings is 1. The fraction of sp³-hybridized carbons (Fsp3) is 0.450. The van der Waals surface area contributed by atoms with Crippen molar-refractivity contribution in [1.29, 1.82) is 0 Å². The van der Waals surface area contributed by atoms with Crippen molar-refractivity contribution in [3.63, 3.8) is 0 Å². The second-order valence-corrected chi connectivity index (χ2v) is 6.48. The van der Waals surface area contributed by atoms with Gasteiger partial charge < -0.3 is 14.2 Å². The molecule has 1 aliphatic carbocycles. The summed E-state index contributed by atoms with van der Waals surface area (Å²) in [5.74, 6) is -0.265. The van der Waals surface area contributed by atoms with Crippen molar-refractivity contribution < 1.29 is 23.8 Å². The van der Waals surface area contributed by atoms with E-state index < -0.39 is 17.8 Å². The van der Waals surface area contributed by atoms with Gasteiger partial charge in [0.15, 0.2) is 5.78 Å². The fourth-order valence-corrected chi connectivity index (χ4v) is 3.85. The first-order chi connectivity index (χ1) is 12.5. The van der Waals surface area contributed by atoms with Gasteiger partial charge in [-0.1, -0.05) is 6.07 Å². The molecule has 1 aromatic rings. The summed E-state index contributed by atoms with van der Waals surface area (Å²) in [7, 11) is 4.49. The second-order valence-electron chi connectivity index (χ2n) is 6.48. The zero-order valence-electron chi connectivity index (χ0n) is 15.5. The average molecular weight is 357 g/mol. The third-order valence-electron chi connectivity index (χ3n) is 5.07. The molecule has 1 unspecified atom stereocenters. The Labute approximate surface area is 152 Å². The molecular formula is C20H23NO5. The van der Waals surface area contributed by atoms with E-state index in [1.54, 1.807) is 26.4 Å². The minimum Gasteiger partial charge on any atom is -0.497 e. The van der Waals surface area contributed by atoms with E-state index in [-0.39, 0.29) is 5.78 Å². The number of rotatable bonds is 4. The lowest BCUT2D eigenvalue weighted by Gasteiger charge is -2.34. The molecule has 0 N–H and O–H groups in total. The van der Waals surface area contributed by atoms with Crippen molar-refractivity contribution >= 4 is 17.5 Å². The van der Waals surface area contributed by atoms with E-state index in [2.05, 4.69) is 4.99 Å². The van der Waals surface area contributed by atoms with Crippen LogP contribution >= 0.6 is 0 Å². The van der Waals surface area contributed by atoms with Crippen LogP contribution in [0.1, 0.15) is 37.7 Å². The molecule has 0 spiro atoms. The Morgan fingerprint density at radius 3 is 2.58 bits per heavy atom. The number of methoxy groups -OCH3 is 3. The molecule has 1 aliphatic heterocycles. The Hall–Kier alpha value is -2.63. The number of nitrogens with zero attached hydrogens (tertiary/aromatic N) is 1. The molecule has 0 aromatic heterocycles. The van der Waals surface area contributed by atoms with E-state index >= 15 is 0 Å². The third kappa shape index (κ3) is 3.00. The van der Waals surface area contributed by atoms with Gasteiger partial charge in [0, 0.05) is 41.0 Å². The van der Waals surface area contributed by atoms with E-state index in [1.165, 1.54) is 7.11 Å². The maximum atomic E-state index is 12.8. The van der Waals surface area contributed by atoms with Crippen LogP contribution in [0.15, 0.2) is 34.5 Å². The maximum Gasteiger partial charge on any atom is 0.315 e. The fourth-order valence-electron chi connectivity index (χ4n) is 3.85. The van der Waals surface area contributed by atoms with Crippen molar-refractivity contribution in [3.05, 3.63) is 35.0 Å². The normalized spacial score (nSPS) is 22.5. The summed E-state index contributed by atoms with van der Waals surface area (Å²) in [4.78, 5) is 29.9. The van der Waals surface area contributed by atoms with Crippen LogP contribution in [0.5, 0.6) is 11.5 Å². The number of allylic oxidation sites excluding steroid dienone is 2. The van der Waals surface area contributed by atoms with Gasteiger partial charge in [-0.05, 0) is 25.8 Å². The number of hydrogen-bond donors (Lipinski definition) is 0. The molecule has 0 saturated heterocycles. The van der Waals surface area contributed by atoms with Gasteiger partial charge in [0.2, 0.25) is 0 Å². The first-order valence-electron chi connectivity index (χ1n) is 8.63. The van der Waals surface area contributed by atoms with Crippen molar-refractivity contribution in [1.82, 2.24) is 0 Å². The van der Waals surface area contributed by atoms with Gasteiger partial charge in [-0.3, -0.25) is 14.6 Å². The van der Waals surface area contributed by atoms with Gasteiger partial charge in [0.1, 0.15) is 17.4 Å². The van der Waals surface area contributed by atoms with Crippen LogP contribution in [0.25, 0.3) is 0 Å². The van der Waals surface area contributed by atoms with Crippen LogP contribution in [-0.4, -0.2) is 38.8 Å². The zero-order chi connectivity index (χ0) is 18.8. The largest absolute Gasteiger partial charge is 0.497 e. The molecule has 138 valence electrons. The van der Waals surface area contributed by atoms with Gasteiger partial charge in [-0.15, -0.1) is 0 Å². The lowest BCUT2D eigenvalue weighted by Crippen LogP contribution is -2.37. The predicted octanol–water partition coefficient (Wildman–Crippen LogP) is 3.06. The summed E-state index contributed by atoms with van der Waals surface area (Å²) in [6.07, 6.45) is 1.99. The Kier molecular flexibility index (Phi) is 5.11.